The van der Waals surface area contributed by atoms with Crippen molar-refractivity contribution in [2.75, 3.05) is 12.4 Å². The molecule has 0 atom stereocenters. The SMILES string of the molecule is COc1ccc(C(=O)Oc2ccc(/C=N\NC(=O)C(=O)Nc3cccc(Cl)c3C)cc2)cc1. The number of carbonyl (C=O) groups excluding carboxylic acids is 3. The van der Waals surface area contributed by atoms with Gasteiger partial charge in [-0.3, -0.25) is 9.59 Å². The highest BCUT2D eigenvalue weighted by atomic mass is 35.5. The first-order valence-corrected chi connectivity index (χ1v) is 10.1. The molecule has 3 rings (SSSR count). The number of halogens is 1. The number of hydrogen-bond donors (Lipinski definition) is 2. The molecule has 0 heterocycles. The summed E-state index contributed by atoms with van der Waals surface area (Å²) in [5.41, 5.74) is 4.24. The van der Waals surface area contributed by atoms with Crippen LogP contribution in [0.1, 0.15) is 21.5 Å². The standard InChI is InChI=1S/C24H20ClN3O5/c1-15-20(25)4-3-5-21(15)27-22(29)23(30)28-26-14-16-6-10-19(11-7-16)33-24(31)17-8-12-18(32-2)13-9-17/h3-14H,1-2H3,(H,27,29)(H,28,30)/b26-14-. The summed E-state index contributed by atoms with van der Waals surface area (Å²) in [5.74, 6) is -1.34. The van der Waals surface area contributed by atoms with Crippen molar-refractivity contribution in [1.29, 1.82) is 0 Å². The van der Waals surface area contributed by atoms with Crippen molar-refractivity contribution in [3.8, 4) is 11.5 Å². The van der Waals surface area contributed by atoms with Gasteiger partial charge in [0.1, 0.15) is 11.5 Å². The molecule has 0 aliphatic rings. The lowest BCUT2D eigenvalue weighted by Gasteiger charge is -2.08. The predicted molar refractivity (Wildman–Crippen MR) is 125 cm³/mol. The number of methoxy groups -OCH3 is 1. The van der Waals surface area contributed by atoms with Gasteiger partial charge in [0.15, 0.2) is 0 Å². The fraction of sp³-hybridized carbons (Fsp3) is 0.0833. The topological polar surface area (TPSA) is 106 Å². The van der Waals surface area contributed by atoms with E-state index in [1.54, 1.807) is 80.8 Å². The van der Waals surface area contributed by atoms with E-state index in [4.69, 9.17) is 21.1 Å². The number of nitrogens with one attached hydrogen (secondary N) is 2. The molecule has 0 fully saturated rings. The van der Waals surface area contributed by atoms with Gasteiger partial charge in [-0.2, -0.15) is 5.10 Å². The first-order valence-electron chi connectivity index (χ1n) is 9.73. The highest BCUT2D eigenvalue weighted by Crippen LogP contribution is 2.22. The number of hydrogen-bond acceptors (Lipinski definition) is 6. The van der Waals surface area contributed by atoms with E-state index in [2.05, 4.69) is 15.8 Å². The second kappa shape index (κ2) is 10.9. The Kier molecular flexibility index (Phi) is 7.77. The van der Waals surface area contributed by atoms with Gasteiger partial charge in [0.2, 0.25) is 0 Å². The Hall–Kier alpha value is -4.17. The van der Waals surface area contributed by atoms with Gasteiger partial charge in [-0.1, -0.05) is 17.7 Å². The van der Waals surface area contributed by atoms with Gasteiger partial charge < -0.3 is 14.8 Å². The minimum Gasteiger partial charge on any atom is -0.497 e. The van der Waals surface area contributed by atoms with Crippen LogP contribution in [0.5, 0.6) is 11.5 Å². The van der Waals surface area contributed by atoms with E-state index in [1.165, 1.54) is 6.21 Å². The molecule has 0 bridgehead atoms. The molecule has 8 nitrogen and oxygen atoms in total. The van der Waals surface area contributed by atoms with Gasteiger partial charge in [-0.25, -0.2) is 10.2 Å². The number of benzene rings is 3. The molecular weight excluding hydrogens is 446 g/mol. The van der Waals surface area contributed by atoms with E-state index in [9.17, 15) is 14.4 Å². The average Bonchev–Trinajstić information content (AvgIpc) is 2.83. The van der Waals surface area contributed by atoms with Crippen LogP contribution < -0.4 is 20.2 Å². The number of esters is 1. The monoisotopic (exact) mass is 465 g/mol. The Balaban J connectivity index is 1.52. The summed E-state index contributed by atoms with van der Waals surface area (Å²) >= 11 is 6.00. The van der Waals surface area contributed by atoms with Crippen LogP contribution in [0, 0.1) is 6.92 Å². The molecule has 0 aromatic heterocycles. The lowest BCUT2D eigenvalue weighted by molar-refractivity contribution is -0.136. The summed E-state index contributed by atoms with van der Waals surface area (Å²) in [6.07, 6.45) is 1.35. The number of ether oxygens (including phenoxy) is 2. The van der Waals surface area contributed by atoms with E-state index in [0.29, 0.717) is 38.9 Å². The van der Waals surface area contributed by atoms with Crippen LogP contribution in [-0.4, -0.2) is 31.1 Å². The van der Waals surface area contributed by atoms with E-state index < -0.39 is 17.8 Å². The van der Waals surface area contributed by atoms with Gasteiger partial charge in [0.05, 0.1) is 18.9 Å². The zero-order valence-corrected chi connectivity index (χ0v) is 18.6. The number of rotatable bonds is 6. The van der Waals surface area contributed by atoms with Crippen molar-refractivity contribution in [2.45, 2.75) is 6.92 Å². The quantitative estimate of drug-likeness (QED) is 0.188. The van der Waals surface area contributed by atoms with Gasteiger partial charge >= 0.3 is 17.8 Å². The number of anilines is 1. The molecule has 3 aromatic rings. The van der Waals surface area contributed by atoms with Crippen molar-refractivity contribution in [2.24, 2.45) is 5.10 Å². The van der Waals surface area contributed by atoms with Crippen molar-refractivity contribution < 1.29 is 23.9 Å². The molecule has 9 heteroatoms. The summed E-state index contributed by atoms with van der Waals surface area (Å²) in [6.45, 7) is 1.73. The summed E-state index contributed by atoms with van der Waals surface area (Å²) in [5, 5.41) is 6.72. The smallest absolute Gasteiger partial charge is 0.343 e. The predicted octanol–water partition coefficient (Wildman–Crippen LogP) is 3.97. The minimum atomic E-state index is -0.935. The maximum absolute atomic E-state index is 12.2. The van der Waals surface area contributed by atoms with Crippen molar-refractivity contribution >= 4 is 41.3 Å². The fourth-order valence-electron chi connectivity index (χ4n) is 2.65. The van der Waals surface area contributed by atoms with Gasteiger partial charge in [-0.05, 0) is 78.7 Å². The molecular formula is C24H20ClN3O5. The van der Waals surface area contributed by atoms with E-state index in [-0.39, 0.29) is 0 Å². The van der Waals surface area contributed by atoms with Gasteiger partial charge in [0.25, 0.3) is 0 Å². The van der Waals surface area contributed by atoms with Crippen molar-refractivity contribution in [3.63, 3.8) is 0 Å². The van der Waals surface area contributed by atoms with Crippen LogP contribution in [0.4, 0.5) is 5.69 Å². The van der Waals surface area contributed by atoms with Crippen LogP contribution in [0.3, 0.4) is 0 Å². The Morgan fingerprint density at radius 2 is 1.58 bits per heavy atom. The van der Waals surface area contributed by atoms with Crippen molar-refractivity contribution in [1.82, 2.24) is 5.43 Å². The Morgan fingerprint density at radius 1 is 0.909 bits per heavy atom. The number of amides is 2. The molecule has 3 aromatic carbocycles. The first-order chi connectivity index (χ1) is 15.9. The van der Waals surface area contributed by atoms with Crippen LogP contribution in [0.15, 0.2) is 71.8 Å². The summed E-state index contributed by atoms with van der Waals surface area (Å²) in [4.78, 5) is 36.2. The third-order valence-electron chi connectivity index (χ3n) is 4.52. The van der Waals surface area contributed by atoms with Crippen LogP contribution in [-0.2, 0) is 9.59 Å². The van der Waals surface area contributed by atoms with Crippen molar-refractivity contribution in [3.05, 3.63) is 88.4 Å². The molecule has 168 valence electrons. The summed E-state index contributed by atoms with van der Waals surface area (Å²) in [6, 6.07) is 18.0. The molecule has 0 saturated carbocycles. The molecule has 2 amide bonds. The van der Waals surface area contributed by atoms with E-state index in [1.807, 2.05) is 0 Å². The van der Waals surface area contributed by atoms with Gasteiger partial charge in [-0.15, -0.1) is 0 Å². The number of hydrazone groups is 1. The maximum Gasteiger partial charge on any atom is 0.343 e. The molecule has 0 aliphatic carbocycles. The molecule has 0 spiro atoms. The second-order valence-corrected chi connectivity index (χ2v) is 7.16. The van der Waals surface area contributed by atoms with Crippen LogP contribution in [0.25, 0.3) is 0 Å². The second-order valence-electron chi connectivity index (χ2n) is 6.75. The molecule has 0 saturated heterocycles. The fourth-order valence-corrected chi connectivity index (χ4v) is 2.83. The Morgan fingerprint density at radius 3 is 2.24 bits per heavy atom. The largest absolute Gasteiger partial charge is 0.497 e. The lowest BCUT2D eigenvalue weighted by Crippen LogP contribution is -2.32. The summed E-state index contributed by atoms with van der Waals surface area (Å²) in [7, 11) is 1.54. The Labute approximate surface area is 195 Å². The highest BCUT2D eigenvalue weighted by Gasteiger charge is 2.14. The normalized spacial score (nSPS) is 10.5. The molecule has 0 aliphatic heterocycles. The molecule has 2 N–H and O–H groups in total. The zero-order chi connectivity index (χ0) is 23.8. The zero-order valence-electron chi connectivity index (χ0n) is 17.8. The van der Waals surface area contributed by atoms with E-state index >= 15 is 0 Å². The average molecular weight is 466 g/mol. The highest BCUT2D eigenvalue weighted by molar-refractivity contribution is 6.40. The molecule has 0 unspecified atom stereocenters. The lowest BCUT2D eigenvalue weighted by atomic mass is 10.2. The number of nitrogens with zero attached hydrogens (tertiary/aromatic N) is 1. The minimum absolute atomic E-state index is 0.341. The Bertz CT molecular complexity index is 1190. The summed E-state index contributed by atoms with van der Waals surface area (Å²) < 4.78 is 10.4. The third kappa shape index (κ3) is 6.41. The van der Waals surface area contributed by atoms with E-state index in [0.717, 1.165) is 0 Å². The first kappa shape index (κ1) is 23.5. The third-order valence-corrected chi connectivity index (χ3v) is 4.93. The van der Waals surface area contributed by atoms with Crippen LogP contribution >= 0.6 is 11.6 Å². The molecule has 0 radical (unpaired) electrons. The van der Waals surface area contributed by atoms with Gasteiger partial charge in [0, 0.05) is 10.7 Å². The van der Waals surface area contributed by atoms with Crippen LogP contribution in [0.2, 0.25) is 5.02 Å². The molecule has 33 heavy (non-hydrogen) atoms. The number of carbonyl (C=O) groups is 3. The maximum atomic E-state index is 12.2.